The summed E-state index contributed by atoms with van der Waals surface area (Å²) in [4.78, 5) is 7.72. The quantitative estimate of drug-likeness (QED) is 0.718. The van der Waals surface area contributed by atoms with Crippen LogP contribution in [0.3, 0.4) is 0 Å². The van der Waals surface area contributed by atoms with Gasteiger partial charge in [-0.25, -0.2) is 18.4 Å². The lowest BCUT2D eigenvalue weighted by Crippen LogP contribution is -2.17. The Labute approximate surface area is 89.7 Å². The Morgan fingerprint density at radius 3 is 2.20 bits per heavy atom. The molecular formula is C9H15N3O2S. The Balaban J connectivity index is 3.43. The summed E-state index contributed by atoms with van der Waals surface area (Å²) in [5, 5.41) is -0.0278. The van der Waals surface area contributed by atoms with Gasteiger partial charge in [0, 0.05) is 11.7 Å². The smallest absolute Gasteiger partial charge is 0.221 e. The van der Waals surface area contributed by atoms with Crippen LogP contribution in [0, 0.1) is 0 Å². The molecule has 0 fully saturated rings. The van der Waals surface area contributed by atoms with Crippen LogP contribution in [0.5, 0.6) is 0 Å². The van der Waals surface area contributed by atoms with Gasteiger partial charge in [-0.3, -0.25) is 0 Å². The summed E-state index contributed by atoms with van der Waals surface area (Å²) < 4.78 is 22.6. The molecule has 1 rings (SSSR count). The summed E-state index contributed by atoms with van der Waals surface area (Å²) in [5.74, 6) is -0.0112. The van der Waals surface area contributed by atoms with E-state index in [4.69, 9.17) is 5.73 Å². The lowest BCUT2D eigenvalue weighted by Gasteiger charge is -2.18. The summed E-state index contributed by atoms with van der Waals surface area (Å²) in [6, 6.07) is 1.46. The van der Waals surface area contributed by atoms with E-state index < -0.39 is 9.84 Å². The molecule has 0 spiro atoms. The van der Waals surface area contributed by atoms with E-state index in [1.54, 1.807) is 0 Å². The van der Waals surface area contributed by atoms with Crippen LogP contribution in [-0.4, -0.2) is 24.6 Å². The van der Waals surface area contributed by atoms with Crippen molar-refractivity contribution < 1.29 is 8.42 Å². The van der Waals surface area contributed by atoms with Gasteiger partial charge in [0.2, 0.25) is 5.95 Å². The monoisotopic (exact) mass is 229 g/mol. The average molecular weight is 229 g/mol. The number of aromatic nitrogens is 2. The molecule has 2 N–H and O–H groups in total. The van der Waals surface area contributed by atoms with Gasteiger partial charge in [0.15, 0.2) is 14.9 Å². The molecule has 1 aromatic rings. The molecule has 0 radical (unpaired) electrons. The molecule has 1 aromatic heterocycles. The number of nitrogens with two attached hydrogens (primary N) is 1. The number of sulfone groups is 1. The maximum absolute atomic E-state index is 11.3. The first-order valence-electron chi connectivity index (χ1n) is 4.46. The van der Waals surface area contributed by atoms with Gasteiger partial charge >= 0.3 is 0 Å². The molecule has 0 aliphatic rings. The topological polar surface area (TPSA) is 85.9 Å². The van der Waals surface area contributed by atoms with E-state index in [2.05, 4.69) is 9.97 Å². The maximum Gasteiger partial charge on any atom is 0.221 e. The van der Waals surface area contributed by atoms with Gasteiger partial charge in [-0.2, -0.15) is 0 Å². The van der Waals surface area contributed by atoms with Gasteiger partial charge < -0.3 is 5.73 Å². The minimum atomic E-state index is -3.34. The Morgan fingerprint density at radius 1 is 1.27 bits per heavy atom. The summed E-state index contributed by atoms with van der Waals surface area (Å²) in [7, 11) is -3.34. The van der Waals surface area contributed by atoms with Crippen molar-refractivity contribution >= 4 is 15.8 Å². The minimum absolute atomic E-state index is 0.0112. The second kappa shape index (κ2) is 3.44. The minimum Gasteiger partial charge on any atom is -0.368 e. The lowest BCUT2D eigenvalue weighted by atomic mass is 9.92. The standard InChI is InChI=1S/C9H15N3O2S/c1-9(2,3)6-5-7(15(4,13)14)12-8(10)11-6/h5H,1-4H3,(H2,10,11,12). The van der Waals surface area contributed by atoms with Crippen molar-refractivity contribution in [2.45, 2.75) is 31.2 Å². The van der Waals surface area contributed by atoms with E-state index in [0.717, 1.165) is 6.26 Å². The lowest BCUT2D eigenvalue weighted by molar-refractivity contribution is 0.561. The third-order valence-corrected chi connectivity index (χ3v) is 2.84. The normalized spacial score (nSPS) is 12.8. The molecule has 0 saturated carbocycles. The van der Waals surface area contributed by atoms with Crippen LogP contribution in [0.1, 0.15) is 26.5 Å². The van der Waals surface area contributed by atoms with Gasteiger partial charge in [-0.15, -0.1) is 0 Å². The molecule has 0 saturated heterocycles. The fourth-order valence-corrected chi connectivity index (χ4v) is 1.60. The van der Waals surface area contributed by atoms with Gasteiger partial charge in [-0.1, -0.05) is 20.8 Å². The van der Waals surface area contributed by atoms with Crippen LogP contribution in [0.2, 0.25) is 0 Å². The molecule has 0 bridgehead atoms. The molecular weight excluding hydrogens is 214 g/mol. The zero-order valence-electron chi connectivity index (χ0n) is 9.27. The molecule has 6 heteroatoms. The molecule has 0 atom stereocenters. The summed E-state index contributed by atoms with van der Waals surface area (Å²) >= 11 is 0. The predicted octanol–water partition coefficient (Wildman–Crippen LogP) is 0.760. The van der Waals surface area contributed by atoms with E-state index in [0.29, 0.717) is 5.69 Å². The van der Waals surface area contributed by atoms with Crippen molar-refractivity contribution in [3.63, 3.8) is 0 Å². The third-order valence-electron chi connectivity index (χ3n) is 1.87. The zero-order chi connectivity index (χ0) is 11.9. The second-order valence-electron chi connectivity index (χ2n) is 4.47. The number of hydrogen-bond donors (Lipinski definition) is 1. The highest BCUT2D eigenvalue weighted by Gasteiger charge is 2.20. The Morgan fingerprint density at radius 2 is 1.80 bits per heavy atom. The van der Waals surface area contributed by atoms with Crippen LogP contribution in [0.4, 0.5) is 5.95 Å². The summed E-state index contributed by atoms with van der Waals surface area (Å²) in [6.07, 6.45) is 1.10. The van der Waals surface area contributed by atoms with Crippen LogP contribution in [-0.2, 0) is 15.3 Å². The van der Waals surface area contributed by atoms with Crippen molar-refractivity contribution in [3.8, 4) is 0 Å². The van der Waals surface area contributed by atoms with E-state index in [1.807, 2.05) is 20.8 Å². The second-order valence-corrected chi connectivity index (χ2v) is 6.43. The van der Waals surface area contributed by atoms with E-state index in [1.165, 1.54) is 6.07 Å². The van der Waals surface area contributed by atoms with Crippen molar-refractivity contribution in [3.05, 3.63) is 11.8 Å². The van der Waals surface area contributed by atoms with Gasteiger partial charge in [-0.05, 0) is 6.07 Å². The molecule has 15 heavy (non-hydrogen) atoms. The fourth-order valence-electron chi connectivity index (χ4n) is 1.02. The van der Waals surface area contributed by atoms with Gasteiger partial charge in [0.05, 0.1) is 5.69 Å². The summed E-state index contributed by atoms with van der Waals surface area (Å²) in [6.45, 7) is 5.79. The predicted molar refractivity (Wildman–Crippen MR) is 58.3 cm³/mol. The number of nitrogens with zero attached hydrogens (tertiary/aromatic N) is 2. The molecule has 0 unspecified atom stereocenters. The summed E-state index contributed by atoms with van der Waals surface area (Å²) in [5.41, 5.74) is 5.83. The maximum atomic E-state index is 11.3. The number of hydrogen-bond acceptors (Lipinski definition) is 5. The molecule has 0 aliphatic heterocycles. The molecule has 5 nitrogen and oxygen atoms in total. The van der Waals surface area contributed by atoms with Crippen molar-refractivity contribution in [2.75, 3.05) is 12.0 Å². The molecule has 1 heterocycles. The zero-order valence-corrected chi connectivity index (χ0v) is 10.1. The van der Waals surface area contributed by atoms with Crippen LogP contribution in [0.15, 0.2) is 11.1 Å². The van der Waals surface area contributed by atoms with Crippen LogP contribution < -0.4 is 5.73 Å². The molecule has 0 aromatic carbocycles. The first kappa shape index (κ1) is 11.9. The highest BCUT2D eigenvalue weighted by atomic mass is 32.2. The van der Waals surface area contributed by atoms with Crippen molar-refractivity contribution in [1.29, 1.82) is 0 Å². The first-order chi connectivity index (χ1) is 6.60. The van der Waals surface area contributed by atoms with Gasteiger partial charge in [0.1, 0.15) is 0 Å². The van der Waals surface area contributed by atoms with Crippen molar-refractivity contribution in [1.82, 2.24) is 9.97 Å². The molecule has 0 amide bonds. The average Bonchev–Trinajstić information content (AvgIpc) is 1.99. The number of anilines is 1. The largest absolute Gasteiger partial charge is 0.368 e. The third kappa shape index (κ3) is 2.89. The fraction of sp³-hybridized carbons (Fsp3) is 0.556. The molecule has 84 valence electrons. The Kier molecular flexibility index (Phi) is 2.73. The van der Waals surface area contributed by atoms with Crippen molar-refractivity contribution in [2.24, 2.45) is 0 Å². The Bertz CT molecular complexity index is 475. The van der Waals surface area contributed by atoms with E-state index in [-0.39, 0.29) is 16.4 Å². The number of nitrogen functional groups attached to an aromatic ring is 1. The van der Waals surface area contributed by atoms with Crippen LogP contribution >= 0.6 is 0 Å². The Hall–Kier alpha value is -1.17. The van der Waals surface area contributed by atoms with E-state index in [9.17, 15) is 8.42 Å². The van der Waals surface area contributed by atoms with Gasteiger partial charge in [0.25, 0.3) is 0 Å². The van der Waals surface area contributed by atoms with Crippen LogP contribution in [0.25, 0.3) is 0 Å². The molecule has 0 aliphatic carbocycles. The number of rotatable bonds is 1. The van der Waals surface area contributed by atoms with E-state index >= 15 is 0 Å². The SMILES string of the molecule is CC(C)(C)c1cc(S(C)(=O)=O)nc(N)n1. The highest BCUT2D eigenvalue weighted by Crippen LogP contribution is 2.22. The highest BCUT2D eigenvalue weighted by molar-refractivity contribution is 7.90. The first-order valence-corrected chi connectivity index (χ1v) is 6.35.